The number of ether oxygens (including phenoxy) is 1. The number of rotatable bonds is 6. The number of nitrogens with zero attached hydrogens (tertiary/aromatic N) is 3. The van der Waals surface area contributed by atoms with Crippen LogP contribution in [0, 0.1) is 18.6 Å². The number of pyridine rings is 1. The van der Waals surface area contributed by atoms with Gasteiger partial charge < -0.3 is 10.5 Å². The number of fused-ring (bicyclic) bond motifs is 1. The second kappa shape index (κ2) is 10.9. The van der Waals surface area contributed by atoms with Gasteiger partial charge >= 0.3 is 0 Å². The third kappa shape index (κ3) is 5.20. The standard InChI is InChI=1S/C27H29ClF2N4O2/c1-4-15(2)32-13-19(12-31)24-10-17(7-8-36-24)18-9-22(21-6-5-20(29)11-23(21)30)26-33-16(3)25(28)27(35)34(26)14-18/h5-6,9,11-15,17,24H,4,7-8,10,31H2,1-3H3/b19-12+,32-13?/t15?,17-,24+/m1/s1. The van der Waals surface area contributed by atoms with Crippen molar-refractivity contribution in [3.05, 3.63) is 80.5 Å². The molecule has 3 aromatic rings. The number of hydrogen-bond donors (Lipinski definition) is 1. The van der Waals surface area contributed by atoms with E-state index < -0.39 is 17.2 Å². The zero-order chi connectivity index (χ0) is 26.0. The fourth-order valence-electron chi connectivity index (χ4n) is 4.36. The fourth-order valence-corrected chi connectivity index (χ4v) is 4.49. The largest absolute Gasteiger partial charge is 0.404 e. The molecule has 1 aromatic carbocycles. The first-order valence-corrected chi connectivity index (χ1v) is 12.4. The molecule has 1 fully saturated rings. The maximum absolute atomic E-state index is 14.9. The zero-order valence-electron chi connectivity index (χ0n) is 20.5. The third-order valence-corrected chi connectivity index (χ3v) is 7.10. The van der Waals surface area contributed by atoms with Gasteiger partial charge in [-0.05, 0) is 62.8 Å². The van der Waals surface area contributed by atoms with Gasteiger partial charge in [0, 0.05) is 54.0 Å². The highest BCUT2D eigenvalue weighted by atomic mass is 35.5. The molecule has 1 saturated heterocycles. The minimum Gasteiger partial charge on any atom is -0.404 e. The van der Waals surface area contributed by atoms with Crippen LogP contribution in [0.1, 0.15) is 50.3 Å². The van der Waals surface area contributed by atoms with Gasteiger partial charge in [-0.2, -0.15) is 0 Å². The fraction of sp³-hybridized carbons (Fsp3) is 0.370. The maximum Gasteiger partial charge on any atom is 0.276 e. The molecule has 0 aliphatic carbocycles. The lowest BCUT2D eigenvalue weighted by atomic mass is 9.86. The highest BCUT2D eigenvalue weighted by Gasteiger charge is 2.28. The molecule has 3 atom stereocenters. The van der Waals surface area contributed by atoms with Crippen LogP contribution in [0.3, 0.4) is 0 Å². The van der Waals surface area contributed by atoms with E-state index in [0.29, 0.717) is 30.7 Å². The Morgan fingerprint density at radius 3 is 2.83 bits per heavy atom. The number of benzene rings is 1. The lowest BCUT2D eigenvalue weighted by Gasteiger charge is -2.31. The molecular formula is C27H29ClF2N4O2. The van der Waals surface area contributed by atoms with Crippen LogP contribution >= 0.6 is 11.6 Å². The van der Waals surface area contributed by atoms with Crippen LogP contribution in [0.25, 0.3) is 16.8 Å². The Balaban J connectivity index is 1.81. The van der Waals surface area contributed by atoms with Crippen molar-refractivity contribution >= 4 is 23.5 Å². The van der Waals surface area contributed by atoms with Crippen molar-refractivity contribution in [1.82, 2.24) is 9.38 Å². The van der Waals surface area contributed by atoms with Crippen LogP contribution in [-0.2, 0) is 4.74 Å². The van der Waals surface area contributed by atoms with E-state index >= 15 is 0 Å². The van der Waals surface area contributed by atoms with E-state index in [4.69, 9.17) is 22.1 Å². The van der Waals surface area contributed by atoms with Crippen LogP contribution in [0.2, 0.25) is 5.02 Å². The topological polar surface area (TPSA) is 82.0 Å². The Hall–Kier alpha value is -3.10. The van der Waals surface area contributed by atoms with Gasteiger partial charge in [0.15, 0.2) is 0 Å². The molecule has 3 heterocycles. The van der Waals surface area contributed by atoms with Crippen molar-refractivity contribution in [3.8, 4) is 11.1 Å². The minimum atomic E-state index is -0.740. The number of hydrogen-bond acceptors (Lipinski definition) is 5. The highest BCUT2D eigenvalue weighted by molar-refractivity contribution is 6.31. The van der Waals surface area contributed by atoms with Gasteiger partial charge in [-0.15, -0.1) is 0 Å². The van der Waals surface area contributed by atoms with Crippen molar-refractivity contribution < 1.29 is 13.5 Å². The summed E-state index contributed by atoms with van der Waals surface area (Å²) in [5.41, 5.74) is 8.15. The van der Waals surface area contributed by atoms with Crippen LogP contribution < -0.4 is 11.3 Å². The van der Waals surface area contributed by atoms with Crippen molar-refractivity contribution in [2.45, 2.75) is 58.1 Å². The first kappa shape index (κ1) is 26.0. The molecule has 2 aromatic heterocycles. The number of nitrogens with two attached hydrogens (primary N) is 1. The Labute approximate surface area is 213 Å². The number of halogens is 3. The molecular weight excluding hydrogens is 486 g/mol. The van der Waals surface area contributed by atoms with Crippen molar-refractivity contribution in [3.63, 3.8) is 0 Å². The summed E-state index contributed by atoms with van der Waals surface area (Å²) in [6.45, 7) is 6.18. The molecule has 6 nitrogen and oxygen atoms in total. The zero-order valence-corrected chi connectivity index (χ0v) is 21.2. The van der Waals surface area contributed by atoms with Gasteiger partial charge in [-0.1, -0.05) is 18.5 Å². The maximum atomic E-state index is 14.9. The van der Waals surface area contributed by atoms with Gasteiger partial charge in [0.05, 0.1) is 11.8 Å². The summed E-state index contributed by atoms with van der Waals surface area (Å²) in [5.74, 6) is -1.45. The van der Waals surface area contributed by atoms with Crippen LogP contribution in [0.5, 0.6) is 0 Å². The molecule has 4 rings (SSSR count). The Morgan fingerprint density at radius 1 is 1.36 bits per heavy atom. The number of aromatic nitrogens is 2. The van der Waals surface area contributed by atoms with Gasteiger partial charge in [0.2, 0.25) is 0 Å². The lowest BCUT2D eigenvalue weighted by Crippen LogP contribution is -2.28. The molecule has 0 amide bonds. The van der Waals surface area contributed by atoms with Crippen LogP contribution in [0.4, 0.5) is 8.78 Å². The average Bonchev–Trinajstić information content (AvgIpc) is 2.87. The van der Waals surface area contributed by atoms with Gasteiger partial charge in [0.1, 0.15) is 22.3 Å². The van der Waals surface area contributed by atoms with E-state index in [0.717, 1.165) is 23.6 Å². The molecule has 36 heavy (non-hydrogen) atoms. The van der Waals surface area contributed by atoms with Crippen molar-refractivity contribution in [2.24, 2.45) is 10.7 Å². The quantitative estimate of drug-likeness (QED) is 0.436. The Morgan fingerprint density at radius 2 is 2.14 bits per heavy atom. The SMILES string of the molecule is CCC(C)N=C/C(=C\N)[C@@H]1C[C@H](c2cc(-c3ccc(F)cc3F)c3nc(C)c(Cl)c(=O)n3c2)CCO1. The molecule has 1 unspecified atom stereocenters. The van der Waals surface area contributed by atoms with Gasteiger partial charge in [0.25, 0.3) is 5.56 Å². The summed E-state index contributed by atoms with van der Waals surface area (Å²) in [6.07, 6.45) is 6.89. The van der Waals surface area contributed by atoms with Crippen molar-refractivity contribution in [2.75, 3.05) is 6.61 Å². The predicted octanol–water partition coefficient (Wildman–Crippen LogP) is 5.58. The molecule has 1 aliphatic heterocycles. The molecule has 0 bridgehead atoms. The first-order valence-electron chi connectivity index (χ1n) is 12.0. The summed E-state index contributed by atoms with van der Waals surface area (Å²) < 4.78 is 35.9. The second-order valence-corrected chi connectivity index (χ2v) is 9.48. The molecule has 1 aliphatic rings. The lowest BCUT2D eigenvalue weighted by molar-refractivity contribution is 0.0327. The molecule has 0 spiro atoms. The van der Waals surface area contributed by atoms with E-state index in [2.05, 4.69) is 16.9 Å². The van der Waals surface area contributed by atoms with Crippen LogP contribution in [0.15, 0.2) is 52.0 Å². The van der Waals surface area contributed by atoms with Gasteiger partial charge in [-0.25, -0.2) is 13.8 Å². The summed E-state index contributed by atoms with van der Waals surface area (Å²) in [4.78, 5) is 22.1. The first-order chi connectivity index (χ1) is 17.2. The molecule has 2 N–H and O–H groups in total. The second-order valence-electron chi connectivity index (χ2n) is 9.10. The van der Waals surface area contributed by atoms with E-state index in [9.17, 15) is 13.6 Å². The molecule has 0 saturated carbocycles. The highest BCUT2D eigenvalue weighted by Crippen LogP contribution is 2.36. The Kier molecular flexibility index (Phi) is 7.85. The summed E-state index contributed by atoms with van der Waals surface area (Å²) in [5, 5.41) is -0.00496. The third-order valence-electron chi connectivity index (χ3n) is 6.67. The normalized spacial score (nSPS) is 19.8. The smallest absolute Gasteiger partial charge is 0.276 e. The summed E-state index contributed by atoms with van der Waals surface area (Å²) in [7, 11) is 0. The number of aryl methyl sites for hydroxylation is 1. The summed E-state index contributed by atoms with van der Waals surface area (Å²) >= 11 is 6.23. The van der Waals surface area contributed by atoms with E-state index in [1.54, 1.807) is 19.3 Å². The number of aliphatic imine (C=N–C) groups is 1. The van der Waals surface area contributed by atoms with E-state index in [1.165, 1.54) is 22.7 Å². The Bertz CT molecular complexity index is 1400. The minimum absolute atomic E-state index is 0.00496. The monoisotopic (exact) mass is 514 g/mol. The van der Waals surface area contributed by atoms with Crippen molar-refractivity contribution in [1.29, 1.82) is 0 Å². The average molecular weight is 515 g/mol. The molecule has 0 radical (unpaired) electrons. The van der Waals surface area contributed by atoms with Gasteiger partial charge in [-0.3, -0.25) is 14.2 Å². The molecule has 190 valence electrons. The molecule has 9 heteroatoms. The predicted molar refractivity (Wildman–Crippen MR) is 139 cm³/mol. The van der Waals surface area contributed by atoms with E-state index in [1.807, 2.05) is 13.0 Å². The van der Waals surface area contributed by atoms with Crippen LogP contribution in [-0.4, -0.2) is 34.4 Å². The summed E-state index contributed by atoms with van der Waals surface area (Å²) in [6, 6.07) is 5.34. The van der Waals surface area contributed by atoms with E-state index in [-0.39, 0.29) is 34.3 Å².